The van der Waals surface area contributed by atoms with Crippen molar-refractivity contribution in [2.24, 2.45) is 5.92 Å². The Balaban J connectivity index is 1.26. The Kier molecular flexibility index (Phi) is 6.44. The van der Waals surface area contributed by atoms with E-state index in [-0.39, 0.29) is 17.7 Å². The van der Waals surface area contributed by atoms with E-state index in [0.717, 1.165) is 15.6 Å². The summed E-state index contributed by atoms with van der Waals surface area (Å²) in [4.78, 5) is 32.9. The lowest BCUT2D eigenvalue weighted by molar-refractivity contribution is -0.126. The van der Waals surface area contributed by atoms with Crippen molar-refractivity contribution in [3.8, 4) is 15.6 Å². The molecule has 1 aliphatic heterocycles. The van der Waals surface area contributed by atoms with Crippen molar-refractivity contribution in [3.05, 3.63) is 58.4 Å². The molecule has 0 spiro atoms. The highest BCUT2D eigenvalue weighted by molar-refractivity contribution is 7.20. The van der Waals surface area contributed by atoms with E-state index in [0.29, 0.717) is 43.8 Å². The zero-order valence-electron chi connectivity index (χ0n) is 16.7. The number of benzene rings is 1. The van der Waals surface area contributed by atoms with E-state index in [1.807, 2.05) is 39.9 Å². The average molecular weight is 442 g/mol. The molecule has 1 fully saturated rings. The Labute approximate surface area is 183 Å². The second kappa shape index (κ2) is 9.40. The van der Waals surface area contributed by atoms with E-state index < -0.39 is 0 Å². The zero-order valence-corrected chi connectivity index (χ0v) is 18.3. The molecule has 6 nitrogen and oxygen atoms in total. The first-order valence-electron chi connectivity index (χ1n) is 9.83. The summed E-state index contributed by atoms with van der Waals surface area (Å²) in [5.41, 5.74) is 1.49. The number of methoxy groups -OCH3 is 1. The van der Waals surface area contributed by atoms with Gasteiger partial charge in [-0.15, -0.1) is 22.7 Å². The fourth-order valence-electron chi connectivity index (χ4n) is 3.51. The summed E-state index contributed by atoms with van der Waals surface area (Å²) in [5, 5.41) is 8.01. The van der Waals surface area contributed by atoms with E-state index in [1.54, 1.807) is 41.9 Å². The van der Waals surface area contributed by atoms with Crippen LogP contribution in [0.5, 0.6) is 5.75 Å². The summed E-state index contributed by atoms with van der Waals surface area (Å²) in [6, 6.07) is 11.2. The van der Waals surface area contributed by atoms with E-state index in [9.17, 15) is 9.59 Å². The van der Waals surface area contributed by atoms with Gasteiger partial charge in [0.05, 0.1) is 24.2 Å². The largest absolute Gasteiger partial charge is 0.497 e. The van der Waals surface area contributed by atoms with Crippen LogP contribution in [-0.4, -0.2) is 41.9 Å². The normalized spacial score (nSPS) is 14.5. The lowest BCUT2D eigenvalue weighted by Crippen LogP contribution is -2.42. The van der Waals surface area contributed by atoms with Crippen LogP contribution in [0.1, 0.15) is 28.9 Å². The van der Waals surface area contributed by atoms with Crippen LogP contribution in [0.15, 0.2) is 47.2 Å². The molecule has 156 valence electrons. The minimum Gasteiger partial charge on any atom is -0.497 e. The number of thiazole rings is 1. The maximum absolute atomic E-state index is 12.7. The number of carbonyl (C=O) groups excluding carboxylic acids is 2. The van der Waals surface area contributed by atoms with Gasteiger partial charge in [0.1, 0.15) is 10.8 Å². The van der Waals surface area contributed by atoms with Gasteiger partial charge in [0.25, 0.3) is 5.91 Å². The first kappa shape index (κ1) is 20.6. The predicted molar refractivity (Wildman–Crippen MR) is 119 cm³/mol. The van der Waals surface area contributed by atoms with Crippen LogP contribution >= 0.6 is 22.7 Å². The molecule has 3 heterocycles. The lowest BCUT2D eigenvalue weighted by atomic mass is 9.95. The van der Waals surface area contributed by atoms with Gasteiger partial charge < -0.3 is 15.0 Å². The quantitative estimate of drug-likeness (QED) is 0.626. The standard InChI is InChI=1S/C22H23N3O3S2/c1-28-18-5-2-4-16(12-18)22(27)25-9-7-15(8-10-25)20(26)23-13-17-14-30-21(24-17)19-6-3-11-29-19/h2-6,11-12,14-15H,7-10,13H2,1H3,(H,23,26). The van der Waals surface area contributed by atoms with Gasteiger partial charge in [0, 0.05) is 30.0 Å². The molecule has 0 atom stereocenters. The van der Waals surface area contributed by atoms with Crippen molar-refractivity contribution < 1.29 is 14.3 Å². The van der Waals surface area contributed by atoms with Crippen molar-refractivity contribution in [2.75, 3.05) is 20.2 Å². The van der Waals surface area contributed by atoms with Crippen LogP contribution in [0, 0.1) is 5.92 Å². The molecule has 2 amide bonds. The zero-order chi connectivity index (χ0) is 20.9. The Morgan fingerprint density at radius 2 is 2.03 bits per heavy atom. The molecule has 0 bridgehead atoms. The molecule has 3 aromatic rings. The van der Waals surface area contributed by atoms with Gasteiger partial charge >= 0.3 is 0 Å². The van der Waals surface area contributed by atoms with Crippen molar-refractivity contribution >= 4 is 34.5 Å². The van der Waals surface area contributed by atoms with Crippen LogP contribution in [0.2, 0.25) is 0 Å². The van der Waals surface area contributed by atoms with Gasteiger partial charge in [0.15, 0.2) is 0 Å². The number of aromatic nitrogens is 1. The number of thiophene rings is 1. The maximum Gasteiger partial charge on any atom is 0.253 e. The molecular formula is C22H23N3O3S2. The van der Waals surface area contributed by atoms with Crippen LogP contribution in [0.4, 0.5) is 0 Å². The number of likely N-dealkylation sites (tertiary alicyclic amines) is 1. The first-order valence-corrected chi connectivity index (χ1v) is 11.6. The van der Waals surface area contributed by atoms with Gasteiger partial charge in [-0.2, -0.15) is 0 Å². The third kappa shape index (κ3) is 4.71. The van der Waals surface area contributed by atoms with E-state index in [4.69, 9.17) is 4.74 Å². The van der Waals surface area contributed by atoms with Gasteiger partial charge in [0.2, 0.25) is 5.91 Å². The number of ether oxygens (including phenoxy) is 1. The van der Waals surface area contributed by atoms with Crippen LogP contribution in [0.3, 0.4) is 0 Å². The molecule has 1 saturated heterocycles. The third-order valence-corrected chi connectivity index (χ3v) is 7.13. The second-order valence-electron chi connectivity index (χ2n) is 7.14. The van der Waals surface area contributed by atoms with Crippen LogP contribution in [-0.2, 0) is 11.3 Å². The molecule has 0 unspecified atom stereocenters. The highest BCUT2D eigenvalue weighted by Crippen LogP contribution is 2.28. The summed E-state index contributed by atoms with van der Waals surface area (Å²) < 4.78 is 5.20. The van der Waals surface area contributed by atoms with E-state index >= 15 is 0 Å². The molecule has 2 aromatic heterocycles. The summed E-state index contributed by atoms with van der Waals surface area (Å²) in [7, 11) is 1.59. The molecular weight excluding hydrogens is 418 g/mol. The molecule has 1 N–H and O–H groups in total. The summed E-state index contributed by atoms with van der Waals surface area (Å²) in [5.74, 6) is 0.611. The van der Waals surface area contributed by atoms with Crippen molar-refractivity contribution in [1.29, 1.82) is 0 Å². The number of nitrogens with zero attached hydrogens (tertiary/aromatic N) is 2. The number of rotatable bonds is 6. The molecule has 1 aliphatic rings. The van der Waals surface area contributed by atoms with E-state index in [1.165, 1.54) is 0 Å². The number of piperidine rings is 1. The molecule has 1 aromatic carbocycles. The van der Waals surface area contributed by atoms with Gasteiger partial charge in [-0.1, -0.05) is 12.1 Å². The Morgan fingerprint density at radius 1 is 1.20 bits per heavy atom. The maximum atomic E-state index is 12.7. The number of carbonyl (C=O) groups is 2. The van der Waals surface area contributed by atoms with E-state index in [2.05, 4.69) is 10.3 Å². The van der Waals surface area contributed by atoms with Gasteiger partial charge in [-0.25, -0.2) is 4.98 Å². The number of hydrogen-bond donors (Lipinski definition) is 1. The second-order valence-corrected chi connectivity index (χ2v) is 8.94. The van der Waals surface area contributed by atoms with Crippen molar-refractivity contribution in [2.45, 2.75) is 19.4 Å². The minimum absolute atomic E-state index is 0.0173. The fourth-order valence-corrected chi connectivity index (χ4v) is 5.14. The Morgan fingerprint density at radius 3 is 2.77 bits per heavy atom. The van der Waals surface area contributed by atoms with Crippen LogP contribution < -0.4 is 10.1 Å². The number of hydrogen-bond acceptors (Lipinski definition) is 6. The first-order chi connectivity index (χ1) is 14.6. The average Bonchev–Trinajstić information content (AvgIpc) is 3.49. The minimum atomic E-state index is -0.0743. The van der Waals surface area contributed by atoms with Gasteiger partial charge in [-0.05, 0) is 42.5 Å². The Hall–Kier alpha value is -2.71. The monoisotopic (exact) mass is 441 g/mol. The SMILES string of the molecule is COc1cccc(C(=O)N2CCC(C(=O)NCc3csc(-c4cccs4)n3)CC2)c1. The summed E-state index contributed by atoms with van der Waals surface area (Å²) in [6.07, 6.45) is 1.33. The fraction of sp³-hybridized carbons (Fsp3) is 0.318. The topological polar surface area (TPSA) is 71.5 Å². The summed E-state index contributed by atoms with van der Waals surface area (Å²) >= 11 is 3.25. The number of amides is 2. The molecule has 0 radical (unpaired) electrons. The van der Waals surface area contributed by atoms with Crippen LogP contribution in [0.25, 0.3) is 9.88 Å². The van der Waals surface area contributed by atoms with Crippen molar-refractivity contribution in [1.82, 2.24) is 15.2 Å². The van der Waals surface area contributed by atoms with Crippen molar-refractivity contribution in [3.63, 3.8) is 0 Å². The highest BCUT2D eigenvalue weighted by Gasteiger charge is 2.28. The lowest BCUT2D eigenvalue weighted by Gasteiger charge is -2.31. The smallest absolute Gasteiger partial charge is 0.253 e. The van der Waals surface area contributed by atoms with Gasteiger partial charge in [-0.3, -0.25) is 9.59 Å². The summed E-state index contributed by atoms with van der Waals surface area (Å²) in [6.45, 7) is 1.59. The molecule has 4 rings (SSSR count). The highest BCUT2D eigenvalue weighted by atomic mass is 32.1. The third-order valence-electron chi connectivity index (χ3n) is 5.20. The predicted octanol–water partition coefficient (Wildman–Crippen LogP) is 4.05. The Bertz CT molecular complexity index is 1010. The molecule has 8 heteroatoms. The molecule has 30 heavy (non-hydrogen) atoms. The molecule has 0 saturated carbocycles. The number of nitrogens with one attached hydrogen (secondary N) is 1. The molecule has 0 aliphatic carbocycles.